The van der Waals surface area contributed by atoms with Crippen molar-refractivity contribution < 1.29 is 33.3 Å². The van der Waals surface area contributed by atoms with Gasteiger partial charge in [0.1, 0.15) is 23.4 Å². The number of nitrogens with zero attached hydrogens (tertiary/aromatic N) is 2. The Labute approximate surface area is 266 Å². The fourth-order valence-electron chi connectivity index (χ4n) is 6.69. The van der Waals surface area contributed by atoms with Crippen molar-refractivity contribution in [2.75, 3.05) is 33.9 Å². The molecule has 1 aromatic heterocycles. The Morgan fingerprint density at radius 2 is 1.84 bits per heavy atom. The summed E-state index contributed by atoms with van der Waals surface area (Å²) in [5, 5.41) is 0.793. The maximum atomic E-state index is 14.0. The molecule has 4 rings (SSSR count). The van der Waals surface area contributed by atoms with Crippen molar-refractivity contribution in [2.24, 2.45) is 23.2 Å². The minimum Gasteiger partial charge on any atom is -0.496 e. The normalized spacial score (nSPS) is 23.7. The van der Waals surface area contributed by atoms with Gasteiger partial charge in [0, 0.05) is 42.9 Å². The molecule has 0 bridgehead atoms. The minimum atomic E-state index is -0.901. The van der Waals surface area contributed by atoms with Crippen molar-refractivity contribution in [2.45, 2.75) is 71.8 Å². The summed E-state index contributed by atoms with van der Waals surface area (Å²) in [4.78, 5) is 47.3. The molecule has 5 atom stereocenters. The molecule has 0 spiro atoms. The number of ether oxygens (including phenoxy) is 4. The summed E-state index contributed by atoms with van der Waals surface area (Å²) in [6.07, 6.45) is 7.17. The van der Waals surface area contributed by atoms with Crippen LogP contribution in [0.1, 0.15) is 64.4 Å². The molecule has 2 saturated carbocycles. The van der Waals surface area contributed by atoms with Crippen LogP contribution < -0.4 is 14.2 Å². The van der Waals surface area contributed by atoms with Gasteiger partial charge in [0.2, 0.25) is 11.8 Å². The van der Waals surface area contributed by atoms with Crippen LogP contribution in [0.5, 0.6) is 17.4 Å². The van der Waals surface area contributed by atoms with Crippen molar-refractivity contribution in [3.05, 3.63) is 49.1 Å². The number of hydrogen-bond acceptors (Lipinski definition) is 8. The van der Waals surface area contributed by atoms with Crippen LogP contribution in [-0.2, 0) is 19.1 Å². The zero-order valence-corrected chi connectivity index (χ0v) is 27.4. The number of pyridine rings is 1. The summed E-state index contributed by atoms with van der Waals surface area (Å²) in [5.41, 5.74) is 0.660. The Hall–Kier alpha value is -3.88. The maximum Gasteiger partial charge on any atom is 0.313 e. The van der Waals surface area contributed by atoms with Gasteiger partial charge in [-0.2, -0.15) is 0 Å². The monoisotopic (exact) mass is 620 g/mol. The Morgan fingerprint density at radius 3 is 2.49 bits per heavy atom. The van der Waals surface area contributed by atoms with Crippen molar-refractivity contribution >= 4 is 28.6 Å². The predicted molar refractivity (Wildman–Crippen MR) is 174 cm³/mol. The summed E-state index contributed by atoms with van der Waals surface area (Å²) < 4.78 is 23.3. The Kier molecular flexibility index (Phi) is 11.3. The summed E-state index contributed by atoms with van der Waals surface area (Å²) in [5.74, 6) is -0.101. The number of rotatable bonds is 17. The van der Waals surface area contributed by atoms with E-state index in [1.165, 1.54) is 0 Å². The standard InChI is InChI=1S/C36H48N2O7/c1-8-12-13-14-17-38(6)34(40)28-19-25(18-27(28)29(39)22-36(21-24(36)9-2)35(41)44-11-4)45-31-20-32(43-10-3)37-33-23(5)30(42-7)16-15-26(31)33/h8-9,15-16,20,24-25,27-28H,1-2,10-14,17-19,21-22H2,3-7H3/t24-,25-,27-,28-,36-/m1/s1. The second-order valence-electron chi connectivity index (χ2n) is 12.2. The number of fused-ring (bicyclic) bond motifs is 1. The molecule has 1 amide bonds. The van der Waals surface area contributed by atoms with Crippen molar-refractivity contribution in [1.29, 1.82) is 0 Å². The highest BCUT2D eigenvalue weighted by atomic mass is 16.5. The quantitative estimate of drug-likeness (QED) is 0.116. The number of benzene rings is 1. The molecule has 1 heterocycles. The van der Waals surface area contributed by atoms with Gasteiger partial charge in [-0.3, -0.25) is 14.4 Å². The van der Waals surface area contributed by atoms with E-state index in [0.29, 0.717) is 55.3 Å². The molecule has 0 saturated heterocycles. The van der Waals surface area contributed by atoms with Crippen LogP contribution in [0, 0.1) is 30.1 Å². The van der Waals surface area contributed by atoms with E-state index in [1.54, 1.807) is 38.1 Å². The first kappa shape index (κ1) is 34.0. The molecule has 9 nitrogen and oxygen atoms in total. The Morgan fingerprint density at radius 1 is 1.09 bits per heavy atom. The van der Waals surface area contributed by atoms with E-state index < -0.39 is 23.4 Å². The van der Waals surface area contributed by atoms with Crippen LogP contribution in [0.2, 0.25) is 0 Å². The van der Waals surface area contributed by atoms with Gasteiger partial charge in [0.15, 0.2) is 0 Å². The maximum absolute atomic E-state index is 14.0. The number of ketones is 1. The zero-order chi connectivity index (χ0) is 32.7. The van der Waals surface area contributed by atoms with Crippen LogP contribution >= 0.6 is 0 Å². The lowest BCUT2D eigenvalue weighted by Crippen LogP contribution is -2.38. The van der Waals surface area contributed by atoms with Crippen LogP contribution in [0.25, 0.3) is 10.9 Å². The minimum absolute atomic E-state index is 0.0262. The van der Waals surface area contributed by atoms with Crippen molar-refractivity contribution in [3.63, 3.8) is 0 Å². The van der Waals surface area contributed by atoms with E-state index in [1.807, 2.05) is 32.1 Å². The number of methoxy groups -OCH3 is 1. The lowest BCUT2D eigenvalue weighted by molar-refractivity contribution is -0.152. The number of amides is 1. The number of Topliss-reactive ketones (excluding diaryl/α,β-unsaturated/α-hetero) is 1. The number of allylic oxidation sites excluding steroid dienone is 2. The summed E-state index contributed by atoms with van der Waals surface area (Å²) in [6.45, 7) is 14.5. The van der Waals surface area contributed by atoms with Gasteiger partial charge in [-0.15, -0.1) is 13.2 Å². The summed E-state index contributed by atoms with van der Waals surface area (Å²) in [6, 6.07) is 5.55. The molecule has 45 heavy (non-hydrogen) atoms. The molecule has 2 aromatic rings. The number of hydrogen-bond donors (Lipinski definition) is 0. The van der Waals surface area contributed by atoms with Crippen molar-refractivity contribution in [1.82, 2.24) is 9.88 Å². The topological polar surface area (TPSA) is 104 Å². The first-order chi connectivity index (χ1) is 21.6. The fraction of sp³-hybridized carbons (Fsp3) is 0.556. The molecule has 0 unspecified atom stereocenters. The second-order valence-corrected chi connectivity index (χ2v) is 12.2. The van der Waals surface area contributed by atoms with Crippen LogP contribution in [0.15, 0.2) is 43.5 Å². The molecule has 0 N–H and O–H groups in total. The third-order valence-corrected chi connectivity index (χ3v) is 9.30. The molecular weight excluding hydrogens is 572 g/mol. The van der Waals surface area contributed by atoms with Gasteiger partial charge in [0.05, 0.1) is 37.2 Å². The molecule has 2 fully saturated rings. The van der Waals surface area contributed by atoms with E-state index in [2.05, 4.69) is 13.2 Å². The van der Waals surface area contributed by atoms with Gasteiger partial charge in [-0.05, 0) is 77.3 Å². The smallest absolute Gasteiger partial charge is 0.313 e. The van der Waals surface area contributed by atoms with E-state index in [9.17, 15) is 14.4 Å². The molecule has 9 heteroatoms. The SMILES string of the molecule is C=CCCCCN(C)C(=O)[C@@H]1C[C@H](Oc2cc(OCC)nc3c(C)c(OC)ccc23)C[C@H]1C(=O)C[C@]1(C(=O)OCC)C[C@H]1C=C. The summed E-state index contributed by atoms with van der Waals surface area (Å²) >= 11 is 0. The Balaban J connectivity index is 1.63. The number of esters is 1. The highest BCUT2D eigenvalue weighted by Gasteiger charge is 2.61. The molecular formula is C36H48N2O7. The molecule has 0 aliphatic heterocycles. The van der Waals surface area contributed by atoms with Crippen LogP contribution in [0.4, 0.5) is 0 Å². The first-order valence-corrected chi connectivity index (χ1v) is 16.1. The largest absolute Gasteiger partial charge is 0.496 e. The predicted octanol–water partition coefficient (Wildman–Crippen LogP) is 6.25. The van der Waals surface area contributed by atoms with Crippen LogP contribution in [0.3, 0.4) is 0 Å². The van der Waals surface area contributed by atoms with E-state index in [4.69, 9.17) is 23.9 Å². The number of unbranched alkanes of at least 4 members (excludes halogenated alkanes) is 2. The van der Waals surface area contributed by atoms with Gasteiger partial charge in [-0.1, -0.05) is 12.2 Å². The number of carbonyl (C=O) groups excluding carboxylic acids is 3. The van der Waals surface area contributed by atoms with Crippen molar-refractivity contribution in [3.8, 4) is 17.4 Å². The molecule has 244 valence electrons. The van der Waals surface area contributed by atoms with Crippen LogP contribution in [-0.4, -0.2) is 67.6 Å². The fourth-order valence-corrected chi connectivity index (χ4v) is 6.69. The number of aromatic nitrogens is 1. The second kappa shape index (κ2) is 14.9. The molecule has 2 aliphatic carbocycles. The van der Waals surface area contributed by atoms with Gasteiger partial charge in [-0.25, -0.2) is 4.98 Å². The van der Waals surface area contributed by atoms with Gasteiger partial charge >= 0.3 is 5.97 Å². The van der Waals surface area contributed by atoms with Gasteiger partial charge < -0.3 is 23.8 Å². The average Bonchev–Trinajstić information content (AvgIpc) is 3.59. The third-order valence-electron chi connectivity index (χ3n) is 9.30. The van der Waals surface area contributed by atoms with E-state index >= 15 is 0 Å². The lowest BCUT2D eigenvalue weighted by atomic mass is 9.84. The number of carbonyl (C=O) groups is 3. The van der Waals surface area contributed by atoms with Gasteiger partial charge in [0.25, 0.3) is 0 Å². The Bertz CT molecular complexity index is 1420. The van der Waals surface area contributed by atoms with E-state index in [0.717, 1.165) is 30.2 Å². The highest BCUT2D eigenvalue weighted by molar-refractivity contribution is 5.94. The first-order valence-electron chi connectivity index (χ1n) is 16.1. The highest BCUT2D eigenvalue weighted by Crippen LogP contribution is 2.58. The molecule has 1 aromatic carbocycles. The number of aryl methyl sites for hydroxylation is 1. The summed E-state index contributed by atoms with van der Waals surface area (Å²) in [7, 11) is 3.41. The third kappa shape index (κ3) is 7.34. The van der Waals surface area contributed by atoms with E-state index in [-0.39, 0.29) is 36.6 Å². The molecule has 2 aliphatic rings. The zero-order valence-electron chi connectivity index (χ0n) is 27.4. The average molecular weight is 621 g/mol. The lowest BCUT2D eigenvalue weighted by Gasteiger charge is -2.25. The molecule has 0 radical (unpaired) electrons.